The normalized spacial score (nSPS) is 10.5. The fourth-order valence-corrected chi connectivity index (χ4v) is 1.92. The van der Waals surface area contributed by atoms with Gasteiger partial charge in [0.1, 0.15) is 5.82 Å². The van der Waals surface area contributed by atoms with Crippen molar-refractivity contribution < 1.29 is 0 Å². The van der Waals surface area contributed by atoms with E-state index in [1.807, 2.05) is 18.2 Å². The Kier molecular flexibility index (Phi) is 2.39. The van der Waals surface area contributed by atoms with Crippen LogP contribution in [0, 0.1) is 6.92 Å². The van der Waals surface area contributed by atoms with Gasteiger partial charge in [-0.05, 0) is 34.5 Å². The minimum atomic E-state index is 0.697. The predicted molar refractivity (Wildman–Crippen MR) is 62.0 cm³/mol. The van der Waals surface area contributed by atoms with Gasteiger partial charge in [0.05, 0.1) is 0 Å². The van der Waals surface area contributed by atoms with Gasteiger partial charge >= 0.3 is 0 Å². The molecule has 0 aliphatic heterocycles. The number of aryl methyl sites for hydroxylation is 1. The van der Waals surface area contributed by atoms with Gasteiger partial charge in [0, 0.05) is 21.4 Å². The number of aromatic nitrogens is 1. The summed E-state index contributed by atoms with van der Waals surface area (Å²) < 4.78 is 1.09. The molecule has 0 spiro atoms. The molecule has 2 aromatic rings. The summed E-state index contributed by atoms with van der Waals surface area (Å²) >= 11 is 3.55. The largest absolute Gasteiger partial charge is 0.308 e. The van der Waals surface area contributed by atoms with Crippen LogP contribution in [0.5, 0.6) is 0 Å². The van der Waals surface area contributed by atoms with Crippen LogP contribution in [0.25, 0.3) is 10.8 Å². The van der Waals surface area contributed by atoms with E-state index in [-0.39, 0.29) is 0 Å². The third kappa shape index (κ3) is 1.36. The average Bonchev–Trinajstić information content (AvgIpc) is 2.23. The Labute approximate surface area is 90.4 Å². The summed E-state index contributed by atoms with van der Waals surface area (Å²) in [5.74, 6) is 6.07. The number of benzene rings is 1. The van der Waals surface area contributed by atoms with Crippen molar-refractivity contribution in [3.05, 3.63) is 34.4 Å². The molecule has 3 N–H and O–H groups in total. The summed E-state index contributed by atoms with van der Waals surface area (Å²) in [5, 5.41) is 2.14. The zero-order valence-electron chi connectivity index (χ0n) is 7.71. The summed E-state index contributed by atoms with van der Waals surface area (Å²) in [6.07, 6.45) is 1.74. The summed E-state index contributed by atoms with van der Waals surface area (Å²) in [7, 11) is 0. The third-order valence-electron chi connectivity index (χ3n) is 2.21. The van der Waals surface area contributed by atoms with E-state index in [4.69, 9.17) is 5.84 Å². The number of nitrogens with one attached hydrogen (secondary N) is 1. The van der Waals surface area contributed by atoms with Crippen molar-refractivity contribution in [2.24, 2.45) is 5.84 Å². The van der Waals surface area contributed by atoms with E-state index in [9.17, 15) is 0 Å². The molecule has 0 radical (unpaired) electrons. The third-order valence-corrected chi connectivity index (χ3v) is 3.26. The molecule has 0 saturated carbocycles. The standard InChI is InChI=1S/C10H10BrN3/c1-6-2-3-8-7(9(6)11)4-5-13-10(8)14-12/h2-5H,12H2,1H3,(H,13,14). The molecular formula is C10H10BrN3. The van der Waals surface area contributed by atoms with E-state index < -0.39 is 0 Å². The molecular weight excluding hydrogens is 242 g/mol. The molecule has 0 amide bonds. The summed E-state index contributed by atoms with van der Waals surface area (Å²) in [6, 6.07) is 6.01. The van der Waals surface area contributed by atoms with Crippen molar-refractivity contribution in [3.63, 3.8) is 0 Å². The topological polar surface area (TPSA) is 50.9 Å². The monoisotopic (exact) mass is 251 g/mol. The number of pyridine rings is 1. The van der Waals surface area contributed by atoms with Gasteiger partial charge in [0.25, 0.3) is 0 Å². The second-order valence-corrected chi connectivity index (χ2v) is 3.89. The maximum atomic E-state index is 5.38. The van der Waals surface area contributed by atoms with Gasteiger partial charge in [0.15, 0.2) is 0 Å². The Morgan fingerprint density at radius 3 is 2.79 bits per heavy atom. The van der Waals surface area contributed by atoms with Gasteiger partial charge in [-0.1, -0.05) is 12.1 Å². The highest BCUT2D eigenvalue weighted by Gasteiger charge is 2.05. The van der Waals surface area contributed by atoms with Crippen LogP contribution in [0.2, 0.25) is 0 Å². The second kappa shape index (κ2) is 3.55. The lowest BCUT2D eigenvalue weighted by molar-refractivity contribution is 1.25. The van der Waals surface area contributed by atoms with Crippen molar-refractivity contribution in [1.29, 1.82) is 0 Å². The molecule has 1 aromatic carbocycles. The molecule has 1 heterocycles. The van der Waals surface area contributed by atoms with Crippen molar-refractivity contribution >= 4 is 32.5 Å². The number of anilines is 1. The fourth-order valence-electron chi connectivity index (χ4n) is 1.44. The smallest absolute Gasteiger partial charge is 0.147 e. The van der Waals surface area contributed by atoms with Crippen LogP contribution >= 0.6 is 15.9 Å². The van der Waals surface area contributed by atoms with Gasteiger partial charge < -0.3 is 5.43 Å². The molecule has 2 rings (SSSR count). The lowest BCUT2D eigenvalue weighted by atomic mass is 10.1. The Morgan fingerprint density at radius 2 is 2.07 bits per heavy atom. The van der Waals surface area contributed by atoms with Gasteiger partial charge in [0.2, 0.25) is 0 Å². The number of hydrogen-bond donors (Lipinski definition) is 2. The molecule has 0 aliphatic carbocycles. The molecule has 14 heavy (non-hydrogen) atoms. The number of hydrogen-bond acceptors (Lipinski definition) is 3. The van der Waals surface area contributed by atoms with Crippen LogP contribution in [-0.4, -0.2) is 4.98 Å². The Hall–Kier alpha value is -1.13. The van der Waals surface area contributed by atoms with E-state index in [0.717, 1.165) is 15.2 Å². The highest BCUT2D eigenvalue weighted by molar-refractivity contribution is 9.10. The molecule has 0 bridgehead atoms. The van der Waals surface area contributed by atoms with E-state index in [1.165, 1.54) is 5.56 Å². The van der Waals surface area contributed by atoms with E-state index in [2.05, 4.69) is 33.3 Å². The first kappa shape index (κ1) is 9.43. The van der Waals surface area contributed by atoms with Crippen LogP contribution < -0.4 is 11.3 Å². The van der Waals surface area contributed by atoms with E-state index in [0.29, 0.717) is 5.82 Å². The molecule has 0 saturated heterocycles. The van der Waals surface area contributed by atoms with Crippen molar-refractivity contribution in [2.75, 3.05) is 5.43 Å². The van der Waals surface area contributed by atoms with Crippen LogP contribution in [0.1, 0.15) is 5.56 Å². The quantitative estimate of drug-likeness (QED) is 0.605. The van der Waals surface area contributed by atoms with Gasteiger partial charge in [-0.2, -0.15) is 0 Å². The van der Waals surface area contributed by atoms with Gasteiger partial charge in [-0.15, -0.1) is 0 Å². The number of hydrazine groups is 1. The number of fused-ring (bicyclic) bond motifs is 1. The maximum absolute atomic E-state index is 5.38. The number of nitrogens with zero attached hydrogens (tertiary/aromatic N) is 1. The highest BCUT2D eigenvalue weighted by atomic mass is 79.9. The Balaban J connectivity index is 2.86. The SMILES string of the molecule is Cc1ccc2c(NN)nccc2c1Br. The summed E-state index contributed by atoms with van der Waals surface area (Å²) in [4.78, 5) is 4.14. The fraction of sp³-hybridized carbons (Fsp3) is 0.100. The molecule has 0 unspecified atom stereocenters. The van der Waals surface area contributed by atoms with Crippen molar-refractivity contribution in [1.82, 2.24) is 4.98 Å². The molecule has 0 atom stereocenters. The molecule has 1 aromatic heterocycles. The highest BCUT2D eigenvalue weighted by Crippen LogP contribution is 2.29. The molecule has 3 nitrogen and oxygen atoms in total. The van der Waals surface area contributed by atoms with E-state index in [1.54, 1.807) is 6.20 Å². The predicted octanol–water partition coefficient (Wildman–Crippen LogP) is 2.59. The maximum Gasteiger partial charge on any atom is 0.147 e. The number of rotatable bonds is 1. The van der Waals surface area contributed by atoms with Gasteiger partial charge in [-0.25, -0.2) is 10.8 Å². The van der Waals surface area contributed by atoms with Crippen LogP contribution in [0.4, 0.5) is 5.82 Å². The number of halogens is 1. The van der Waals surface area contributed by atoms with Crippen LogP contribution in [0.15, 0.2) is 28.9 Å². The van der Waals surface area contributed by atoms with Crippen molar-refractivity contribution in [3.8, 4) is 0 Å². The van der Waals surface area contributed by atoms with Crippen LogP contribution in [-0.2, 0) is 0 Å². The first-order valence-corrected chi connectivity index (χ1v) is 5.04. The Morgan fingerprint density at radius 1 is 1.29 bits per heavy atom. The molecule has 72 valence electrons. The minimum Gasteiger partial charge on any atom is -0.308 e. The second-order valence-electron chi connectivity index (χ2n) is 3.10. The molecule has 0 fully saturated rings. The van der Waals surface area contributed by atoms with E-state index >= 15 is 0 Å². The summed E-state index contributed by atoms with van der Waals surface area (Å²) in [5.41, 5.74) is 3.79. The lowest BCUT2D eigenvalue weighted by Gasteiger charge is -2.07. The van der Waals surface area contributed by atoms with Crippen molar-refractivity contribution in [2.45, 2.75) is 6.92 Å². The number of nitrogen functional groups attached to an aromatic ring is 1. The average molecular weight is 252 g/mol. The Bertz CT molecular complexity index is 482. The first-order valence-electron chi connectivity index (χ1n) is 4.24. The molecule has 4 heteroatoms. The minimum absolute atomic E-state index is 0.697. The van der Waals surface area contributed by atoms with Gasteiger partial charge in [-0.3, -0.25) is 0 Å². The summed E-state index contributed by atoms with van der Waals surface area (Å²) in [6.45, 7) is 2.06. The first-order chi connectivity index (χ1) is 6.74. The number of nitrogens with two attached hydrogens (primary N) is 1. The zero-order valence-corrected chi connectivity index (χ0v) is 9.30. The lowest BCUT2D eigenvalue weighted by Crippen LogP contribution is -2.08. The zero-order chi connectivity index (χ0) is 10.1. The van der Waals surface area contributed by atoms with Crippen LogP contribution in [0.3, 0.4) is 0 Å². The molecule has 0 aliphatic rings.